The number of alkyl halides is 6. The zero-order valence-corrected chi connectivity index (χ0v) is 21.8. The maximum atomic E-state index is 13.1. The van der Waals surface area contributed by atoms with Crippen LogP contribution in [0.3, 0.4) is 0 Å². The fourth-order valence-electron chi connectivity index (χ4n) is 3.49. The summed E-state index contributed by atoms with van der Waals surface area (Å²) in [6, 6.07) is 8.34. The van der Waals surface area contributed by atoms with Gasteiger partial charge in [0.2, 0.25) is 5.82 Å². The predicted octanol–water partition coefficient (Wildman–Crippen LogP) is 4.52. The number of benzene rings is 1. The van der Waals surface area contributed by atoms with Gasteiger partial charge in [-0.25, -0.2) is 14.8 Å². The number of anilines is 1. The molecule has 1 aromatic carbocycles. The lowest BCUT2D eigenvalue weighted by molar-refractivity contribution is -0.192. The number of halogens is 6. The zero-order chi connectivity index (χ0) is 30.3. The van der Waals surface area contributed by atoms with Gasteiger partial charge in [0.25, 0.3) is 0 Å². The van der Waals surface area contributed by atoms with Crippen molar-refractivity contribution in [3.63, 3.8) is 0 Å². The van der Waals surface area contributed by atoms with Gasteiger partial charge in [-0.1, -0.05) is 12.1 Å². The molecule has 9 nitrogen and oxygen atoms in total. The van der Waals surface area contributed by atoms with Crippen LogP contribution in [0.15, 0.2) is 30.3 Å². The molecule has 0 saturated carbocycles. The number of nitriles is 1. The Bertz CT molecular complexity index is 1230. The molecule has 2 aromatic rings. The van der Waals surface area contributed by atoms with Crippen molar-refractivity contribution in [3.8, 4) is 17.3 Å². The Morgan fingerprint density at radius 3 is 2.12 bits per heavy atom. The van der Waals surface area contributed by atoms with Gasteiger partial charge >= 0.3 is 24.3 Å². The van der Waals surface area contributed by atoms with Crippen LogP contribution in [-0.4, -0.2) is 76.4 Å². The molecule has 1 aliphatic heterocycles. The number of hydrogen-bond donors (Lipinski definition) is 1. The summed E-state index contributed by atoms with van der Waals surface area (Å²) in [4.78, 5) is 33.3. The monoisotopic (exact) mass is 575 g/mol. The van der Waals surface area contributed by atoms with E-state index in [1.807, 2.05) is 31.7 Å². The summed E-state index contributed by atoms with van der Waals surface area (Å²) in [5.74, 6) is -2.62. The van der Waals surface area contributed by atoms with Crippen LogP contribution in [0, 0.1) is 11.3 Å². The first-order chi connectivity index (χ1) is 18.4. The highest BCUT2D eigenvalue weighted by Crippen LogP contribution is 2.32. The Kier molecular flexibility index (Phi) is 10.5. The van der Waals surface area contributed by atoms with Gasteiger partial charge in [-0.2, -0.15) is 31.6 Å². The minimum atomic E-state index is -5.08. The van der Waals surface area contributed by atoms with Gasteiger partial charge in [-0.05, 0) is 32.9 Å². The number of nitrogens with zero attached hydrogens (tertiary/aromatic N) is 5. The maximum absolute atomic E-state index is 13.1. The standard InChI is InChI=1S/C23H26F3N5O2.C2HF3O2/c1-22(2,3)33-21(32)7-8-30-9-11-31(12-10-30)20-14-18(28-19(15-27)29-20)16-5-4-6-17(13-16)23(24,25)26;3-2(4,5)1(6)7/h4-6,13-14H,7-12H2,1-3H3;(H,6,7). The predicted molar refractivity (Wildman–Crippen MR) is 130 cm³/mol. The quantitative estimate of drug-likeness (QED) is 0.405. The molecular formula is C25H27F6N5O4. The van der Waals surface area contributed by atoms with Crippen molar-refractivity contribution in [1.29, 1.82) is 5.26 Å². The van der Waals surface area contributed by atoms with Crippen LogP contribution < -0.4 is 4.90 Å². The summed E-state index contributed by atoms with van der Waals surface area (Å²) in [7, 11) is 0. The lowest BCUT2D eigenvalue weighted by Gasteiger charge is -2.35. The van der Waals surface area contributed by atoms with Gasteiger partial charge in [0, 0.05) is 44.4 Å². The van der Waals surface area contributed by atoms with E-state index in [0.29, 0.717) is 45.0 Å². The molecule has 1 aliphatic rings. The third-order valence-corrected chi connectivity index (χ3v) is 5.29. The number of carbonyl (C=O) groups excluding carboxylic acids is 1. The first-order valence-electron chi connectivity index (χ1n) is 11.8. The SMILES string of the molecule is CC(C)(C)OC(=O)CCN1CCN(c2cc(-c3cccc(C(F)(F)F)c3)nc(C#N)n2)CC1.O=C(O)C(F)(F)F. The van der Waals surface area contributed by atoms with Crippen molar-refractivity contribution in [2.75, 3.05) is 37.6 Å². The second kappa shape index (κ2) is 12.9. The third kappa shape index (κ3) is 10.3. The molecule has 218 valence electrons. The van der Waals surface area contributed by atoms with Crippen LogP contribution in [0.5, 0.6) is 0 Å². The minimum absolute atomic E-state index is 0.104. The van der Waals surface area contributed by atoms with E-state index in [-0.39, 0.29) is 23.1 Å². The topological polar surface area (TPSA) is 120 Å². The van der Waals surface area contributed by atoms with E-state index in [1.165, 1.54) is 12.1 Å². The molecule has 1 aromatic heterocycles. The van der Waals surface area contributed by atoms with Crippen molar-refractivity contribution in [2.45, 2.75) is 45.1 Å². The van der Waals surface area contributed by atoms with E-state index in [4.69, 9.17) is 14.6 Å². The number of ether oxygens (including phenoxy) is 1. The van der Waals surface area contributed by atoms with E-state index >= 15 is 0 Å². The minimum Gasteiger partial charge on any atom is -0.475 e. The second-order valence-electron chi connectivity index (χ2n) is 9.59. The molecule has 0 spiro atoms. The molecule has 15 heteroatoms. The van der Waals surface area contributed by atoms with Crippen LogP contribution in [0.1, 0.15) is 38.6 Å². The van der Waals surface area contributed by atoms with Crippen LogP contribution in [-0.2, 0) is 20.5 Å². The molecule has 3 rings (SSSR count). The molecule has 1 saturated heterocycles. The summed E-state index contributed by atoms with van der Waals surface area (Å²) in [5.41, 5.74) is -0.772. The average Bonchev–Trinajstić information content (AvgIpc) is 2.86. The van der Waals surface area contributed by atoms with E-state index in [9.17, 15) is 36.4 Å². The van der Waals surface area contributed by atoms with E-state index < -0.39 is 29.5 Å². The average molecular weight is 576 g/mol. The van der Waals surface area contributed by atoms with Gasteiger partial charge < -0.3 is 14.7 Å². The Morgan fingerprint density at radius 1 is 1.02 bits per heavy atom. The van der Waals surface area contributed by atoms with Crippen LogP contribution >= 0.6 is 0 Å². The Labute approximate surface area is 226 Å². The molecule has 2 heterocycles. The highest BCUT2D eigenvalue weighted by atomic mass is 19.4. The van der Waals surface area contributed by atoms with E-state index in [2.05, 4.69) is 14.9 Å². The molecule has 40 heavy (non-hydrogen) atoms. The number of rotatable bonds is 5. The molecule has 0 unspecified atom stereocenters. The van der Waals surface area contributed by atoms with E-state index in [0.717, 1.165) is 12.1 Å². The summed E-state index contributed by atoms with van der Waals surface area (Å²) < 4.78 is 76.4. The van der Waals surface area contributed by atoms with Crippen molar-refractivity contribution >= 4 is 17.8 Å². The zero-order valence-electron chi connectivity index (χ0n) is 21.8. The number of carbonyl (C=O) groups is 2. The smallest absolute Gasteiger partial charge is 0.475 e. The molecule has 1 N–H and O–H groups in total. The molecular weight excluding hydrogens is 548 g/mol. The molecule has 0 radical (unpaired) electrons. The first kappa shape index (κ1) is 32.3. The summed E-state index contributed by atoms with van der Waals surface area (Å²) >= 11 is 0. The lowest BCUT2D eigenvalue weighted by atomic mass is 10.1. The van der Waals surface area contributed by atoms with Crippen LogP contribution in [0.4, 0.5) is 32.2 Å². The van der Waals surface area contributed by atoms with Crippen molar-refractivity contribution in [3.05, 3.63) is 41.7 Å². The number of hydrogen-bond acceptors (Lipinski definition) is 8. The Hall–Kier alpha value is -3.93. The molecule has 1 fully saturated rings. The van der Waals surface area contributed by atoms with Crippen molar-refractivity contribution in [2.24, 2.45) is 0 Å². The van der Waals surface area contributed by atoms with Gasteiger partial charge in [0.15, 0.2) is 0 Å². The maximum Gasteiger partial charge on any atom is 0.490 e. The number of aliphatic carboxylic acids is 1. The molecule has 0 amide bonds. The Balaban J connectivity index is 0.000000708. The van der Waals surface area contributed by atoms with Crippen molar-refractivity contribution < 1.29 is 45.8 Å². The third-order valence-electron chi connectivity index (χ3n) is 5.29. The number of esters is 1. The van der Waals surface area contributed by atoms with Gasteiger partial charge in [-0.3, -0.25) is 9.69 Å². The largest absolute Gasteiger partial charge is 0.490 e. The second-order valence-corrected chi connectivity index (χ2v) is 9.59. The summed E-state index contributed by atoms with van der Waals surface area (Å²) in [6.45, 7) is 8.60. The van der Waals surface area contributed by atoms with E-state index in [1.54, 1.807) is 6.07 Å². The molecule has 0 aliphatic carbocycles. The van der Waals surface area contributed by atoms with Crippen LogP contribution in [0.25, 0.3) is 11.3 Å². The van der Waals surface area contributed by atoms with Crippen LogP contribution in [0.2, 0.25) is 0 Å². The summed E-state index contributed by atoms with van der Waals surface area (Å²) in [6.07, 6.45) is -9.26. The highest BCUT2D eigenvalue weighted by molar-refractivity contribution is 5.73. The fourth-order valence-corrected chi connectivity index (χ4v) is 3.49. The molecule has 0 bridgehead atoms. The fraction of sp³-hybridized carbons (Fsp3) is 0.480. The van der Waals surface area contributed by atoms with Gasteiger partial charge in [0.1, 0.15) is 17.5 Å². The highest BCUT2D eigenvalue weighted by Gasteiger charge is 2.38. The van der Waals surface area contributed by atoms with Gasteiger partial charge in [0.05, 0.1) is 17.7 Å². The number of carboxylic acids is 1. The normalized spacial score (nSPS) is 14.6. The number of aromatic nitrogens is 2. The molecule has 0 atom stereocenters. The van der Waals surface area contributed by atoms with Crippen molar-refractivity contribution in [1.82, 2.24) is 14.9 Å². The first-order valence-corrected chi connectivity index (χ1v) is 11.8. The summed E-state index contributed by atoms with van der Waals surface area (Å²) in [5, 5.41) is 16.5. The lowest BCUT2D eigenvalue weighted by Crippen LogP contribution is -2.47. The number of piperazine rings is 1. The van der Waals surface area contributed by atoms with Gasteiger partial charge in [-0.15, -0.1) is 0 Å². The Morgan fingerprint density at radius 2 is 1.62 bits per heavy atom. The number of carboxylic acid groups (broad SMARTS) is 1.